The Bertz CT molecular complexity index is 700. The summed E-state index contributed by atoms with van der Waals surface area (Å²) in [6.07, 6.45) is 4.13. The fourth-order valence-corrected chi connectivity index (χ4v) is 4.11. The van der Waals surface area contributed by atoms with E-state index >= 15 is 0 Å². The molecule has 4 rings (SSSR count). The summed E-state index contributed by atoms with van der Waals surface area (Å²) in [7, 11) is 0. The molecule has 140 valence electrons. The average Bonchev–Trinajstić information content (AvgIpc) is 3.15. The minimum atomic E-state index is -0.340. The molecule has 0 spiro atoms. The van der Waals surface area contributed by atoms with Crippen LogP contribution >= 0.6 is 0 Å². The third-order valence-electron chi connectivity index (χ3n) is 5.66. The number of hydrogen-bond acceptors (Lipinski definition) is 5. The fourth-order valence-electron chi connectivity index (χ4n) is 4.11. The first-order valence-electron chi connectivity index (χ1n) is 9.51. The zero-order valence-corrected chi connectivity index (χ0v) is 15.3. The summed E-state index contributed by atoms with van der Waals surface area (Å²) in [5.74, 6) is 0. The number of aromatic nitrogens is 2. The molecule has 1 aromatic carbocycles. The number of hydrogen-bond donors (Lipinski definition) is 2. The second-order valence-electron chi connectivity index (χ2n) is 7.38. The molecule has 1 aliphatic heterocycles. The maximum Gasteiger partial charge on any atom is 0.0932 e. The molecule has 1 saturated carbocycles. The molecule has 6 heteroatoms. The molecular weight excluding hydrogens is 328 g/mol. The molecule has 0 radical (unpaired) electrons. The van der Waals surface area contributed by atoms with E-state index in [-0.39, 0.29) is 24.2 Å². The van der Waals surface area contributed by atoms with Crippen LogP contribution in [-0.2, 0) is 4.74 Å². The van der Waals surface area contributed by atoms with Crippen LogP contribution in [0.5, 0.6) is 0 Å². The van der Waals surface area contributed by atoms with Gasteiger partial charge in [0, 0.05) is 44.1 Å². The van der Waals surface area contributed by atoms with Crippen LogP contribution in [0.2, 0.25) is 0 Å². The van der Waals surface area contributed by atoms with Crippen LogP contribution in [0.3, 0.4) is 0 Å². The van der Waals surface area contributed by atoms with E-state index in [1.165, 1.54) is 11.1 Å². The number of aryl methyl sites for hydroxylation is 1. The van der Waals surface area contributed by atoms with Gasteiger partial charge < -0.3 is 15.2 Å². The van der Waals surface area contributed by atoms with Crippen LogP contribution in [0.25, 0.3) is 0 Å². The molecule has 1 unspecified atom stereocenters. The first-order chi connectivity index (χ1) is 12.7. The maximum atomic E-state index is 10.3. The number of rotatable bonds is 6. The normalized spacial score (nSPS) is 27.8. The van der Waals surface area contributed by atoms with Crippen LogP contribution < -0.4 is 5.32 Å². The summed E-state index contributed by atoms with van der Waals surface area (Å²) in [5.41, 5.74) is 2.63. The summed E-state index contributed by atoms with van der Waals surface area (Å²) in [6, 6.07) is 10.9. The molecule has 2 aliphatic rings. The highest BCUT2D eigenvalue weighted by atomic mass is 16.5. The zero-order chi connectivity index (χ0) is 17.9. The Balaban J connectivity index is 1.52. The van der Waals surface area contributed by atoms with Crippen LogP contribution in [0, 0.1) is 6.92 Å². The molecule has 0 bridgehead atoms. The predicted molar refractivity (Wildman–Crippen MR) is 100.0 cm³/mol. The van der Waals surface area contributed by atoms with Crippen LogP contribution in [-0.4, -0.2) is 64.8 Å². The van der Waals surface area contributed by atoms with Gasteiger partial charge in [-0.2, -0.15) is 5.10 Å². The summed E-state index contributed by atoms with van der Waals surface area (Å²) in [5, 5.41) is 18.4. The number of ether oxygens (including phenoxy) is 1. The Morgan fingerprint density at radius 3 is 2.77 bits per heavy atom. The van der Waals surface area contributed by atoms with Gasteiger partial charge in [0.15, 0.2) is 0 Å². The lowest BCUT2D eigenvalue weighted by Gasteiger charge is -2.44. The molecular formula is C20H28N4O2. The molecule has 2 heterocycles. The number of aliphatic hydroxyl groups excluding tert-OH is 1. The van der Waals surface area contributed by atoms with E-state index < -0.39 is 0 Å². The third-order valence-corrected chi connectivity index (χ3v) is 5.66. The van der Waals surface area contributed by atoms with Crippen LogP contribution in [0.4, 0.5) is 0 Å². The minimum Gasteiger partial charge on any atom is -0.391 e. The van der Waals surface area contributed by atoms with E-state index in [4.69, 9.17) is 4.74 Å². The number of morpholine rings is 1. The second-order valence-corrected chi connectivity index (χ2v) is 7.38. The molecule has 4 atom stereocenters. The van der Waals surface area contributed by atoms with Gasteiger partial charge in [0.1, 0.15) is 0 Å². The number of nitrogens with zero attached hydrogens (tertiary/aromatic N) is 3. The molecule has 26 heavy (non-hydrogen) atoms. The topological polar surface area (TPSA) is 62.6 Å². The van der Waals surface area contributed by atoms with Gasteiger partial charge in [0.25, 0.3) is 0 Å². The minimum absolute atomic E-state index is 0.00112. The van der Waals surface area contributed by atoms with Crippen molar-refractivity contribution in [1.29, 1.82) is 0 Å². The van der Waals surface area contributed by atoms with Gasteiger partial charge in [0.05, 0.1) is 25.4 Å². The monoisotopic (exact) mass is 356 g/mol. The Morgan fingerprint density at radius 1 is 1.27 bits per heavy atom. The zero-order valence-electron chi connectivity index (χ0n) is 15.3. The molecule has 1 aliphatic carbocycles. The summed E-state index contributed by atoms with van der Waals surface area (Å²) >= 11 is 0. The van der Waals surface area contributed by atoms with E-state index in [0.29, 0.717) is 0 Å². The third kappa shape index (κ3) is 3.69. The number of benzene rings is 1. The molecule has 0 amide bonds. The van der Waals surface area contributed by atoms with Crippen molar-refractivity contribution >= 4 is 0 Å². The van der Waals surface area contributed by atoms with Crippen molar-refractivity contribution in [3.05, 3.63) is 53.9 Å². The largest absolute Gasteiger partial charge is 0.391 e. The molecule has 1 saturated heterocycles. The highest BCUT2D eigenvalue weighted by Crippen LogP contribution is 2.34. The van der Waals surface area contributed by atoms with E-state index in [9.17, 15) is 5.11 Å². The Labute approximate surface area is 154 Å². The molecule has 6 nitrogen and oxygen atoms in total. The quantitative estimate of drug-likeness (QED) is 0.822. The van der Waals surface area contributed by atoms with Gasteiger partial charge in [-0.15, -0.1) is 0 Å². The van der Waals surface area contributed by atoms with Crippen molar-refractivity contribution in [2.75, 3.05) is 32.8 Å². The standard InChI is InChI=1S/C20H28N4O2/c1-15-5-2-3-6-16(15)18(14-23-9-11-26-12-10-23)22-17-13-19(25)20(17)24-8-4-7-21-24/h2-8,17-20,22,25H,9-14H2,1H3/t17-,18?,19+,20+/m0/s1. The van der Waals surface area contributed by atoms with E-state index in [1.54, 1.807) is 6.20 Å². The fraction of sp³-hybridized carbons (Fsp3) is 0.550. The van der Waals surface area contributed by atoms with Crippen molar-refractivity contribution in [1.82, 2.24) is 20.0 Å². The predicted octanol–water partition coefficient (Wildman–Crippen LogP) is 1.53. The van der Waals surface area contributed by atoms with Gasteiger partial charge in [-0.05, 0) is 30.5 Å². The van der Waals surface area contributed by atoms with Crippen LogP contribution in [0.1, 0.15) is 29.6 Å². The summed E-state index contributed by atoms with van der Waals surface area (Å²) < 4.78 is 7.38. The van der Waals surface area contributed by atoms with Crippen molar-refractivity contribution in [3.63, 3.8) is 0 Å². The Hall–Kier alpha value is -1.73. The Kier molecular flexibility index (Phi) is 5.36. The average molecular weight is 356 g/mol. The van der Waals surface area contributed by atoms with Crippen molar-refractivity contribution in [2.45, 2.75) is 37.6 Å². The lowest BCUT2D eigenvalue weighted by molar-refractivity contribution is -0.0164. The lowest BCUT2D eigenvalue weighted by Crippen LogP contribution is -2.56. The molecule has 1 aromatic heterocycles. The highest BCUT2D eigenvalue weighted by molar-refractivity contribution is 5.29. The maximum absolute atomic E-state index is 10.3. The van der Waals surface area contributed by atoms with Crippen molar-refractivity contribution in [3.8, 4) is 0 Å². The van der Waals surface area contributed by atoms with Gasteiger partial charge in [0.2, 0.25) is 0 Å². The van der Waals surface area contributed by atoms with E-state index in [1.807, 2.05) is 16.9 Å². The summed E-state index contributed by atoms with van der Waals surface area (Å²) in [4.78, 5) is 2.46. The van der Waals surface area contributed by atoms with Crippen molar-refractivity contribution < 1.29 is 9.84 Å². The highest BCUT2D eigenvalue weighted by Gasteiger charge is 2.43. The molecule has 2 aromatic rings. The first kappa shape index (κ1) is 17.7. The van der Waals surface area contributed by atoms with Crippen molar-refractivity contribution in [2.24, 2.45) is 0 Å². The number of nitrogens with one attached hydrogen (secondary N) is 1. The molecule has 2 N–H and O–H groups in total. The SMILES string of the molecule is Cc1ccccc1C(CN1CCOCC1)N[C@H]1C[C@@H](O)[C@@H]1n1cccn1. The van der Waals surface area contributed by atoms with Crippen LogP contribution in [0.15, 0.2) is 42.7 Å². The van der Waals surface area contributed by atoms with Gasteiger partial charge >= 0.3 is 0 Å². The van der Waals surface area contributed by atoms with E-state index in [0.717, 1.165) is 39.3 Å². The Morgan fingerprint density at radius 2 is 2.08 bits per heavy atom. The van der Waals surface area contributed by atoms with Gasteiger partial charge in [-0.25, -0.2) is 0 Å². The van der Waals surface area contributed by atoms with Gasteiger partial charge in [-0.1, -0.05) is 24.3 Å². The summed E-state index contributed by atoms with van der Waals surface area (Å²) in [6.45, 7) is 6.67. The lowest BCUT2D eigenvalue weighted by atomic mass is 9.82. The van der Waals surface area contributed by atoms with Gasteiger partial charge in [-0.3, -0.25) is 9.58 Å². The first-order valence-corrected chi connectivity index (χ1v) is 9.51. The smallest absolute Gasteiger partial charge is 0.0932 e. The number of aliphatic hydroxyl groups is 1. The second kappa shape index (κ2) is 7.88. The van der Waals surface area contributed by atoms with E-state index in [2.05, 4.69) is 46.5 Å². The molecule has 2 fully saturated rings.